The number of carboxylic acids is 1. The topological polar surface area (TPSA) is 475 Å². The zero-order valence-corrected chi connectivity index (χ0v) is 54.6. The molecule has 6 rings (SSSR count). The Kier molecular flexibility index (Phi) is 29.6. The van der Waals surface area contributed by atoms with Crippen LogP contribution in [0.15, 0.2) is 72.2 Å². The van der Waals surface area contributed by atoms with E-state index in [1.165, 1.54) is 41.7 Å². The molecule has 0 bridgehead atoms. The predicted octanol–water partition coefficient (Wildman–Crippen LogP) is -0.234. The van der Waals surface area contributed by atoms with Gasteiger partial charge in [-0.2, -0.15) is 13.2 Å². The van der Waals surface area contributed by atoms with E-state index in [0.717, 1.165) is 6.92 Å². The van der Waals surface area contributed by atoms with Crippen LogP contribution in [0.5, 0.6) is 5.75 Å². The van der Waals surface area contributed by atoms with Crippen LogP contribution in [0.2, 0.25) is 0 Å². The number of amides is 10. The fraction of sp³-hybridized carbons (Fsp3) is 0.524. The van der Waals surface area contributed by atoms with Crippen LogP contribution < -0.4 is 59.3 Å². The minimum Gasteiger partial charge on any atom is -0.508 e. The van der Waals surface area contributed by atoms with Crippen molar-refractivity contribution in [3.63, 3.8) is 0 Å². The average molecular weight is 1370 g/mol. The van der Waals surface area contributed by atoms with Gasteiger partial charge in [0.05, 0.1) is 6.33 Å². The number of ether oxygens (including phenoxy) is 1. The van der Waals surface area contributed by atoms with E-state index in [4.69, 9.17) is 26.1 Å². The van der Waals surface area contributed by atoms with Crippen molar-refractivity contribution in [3.05, 3.63) is 84.1 Å². The highest BCUT2D eigenvalue weighted by Crippen LogP contribution is 2.23. The summed E-state index contributed by atoms with van der Waals surface area (Å²) in [5.41, 5.74) is 13.3. The number of para-hydroxylation sites is 1. The monoisotopic (exact) mass is 1360 g/mol. The Labute approximate surface area is 556 Å². The van der Waals surface area contributed by atoms with Crippen LogP contribution in [0, 0.1) is 11.8 Å². The number of hydrogen-bond donors (Lipinski definition) is 15. The molecule has 2 aliphatic rings. The molecular formula is C63H87F3N16O15. The second kappa shape index (κ2) is 37.1. The molecule has 4 aromatic rings. The van der Waals surface area contributed by atoms with Gasteiger partial charge in [-0.1, -0.05) is 58.0 Å². The SMILES string of the molecule is CCNC(=O)[C@@H]1CCCN1C(=O)[C@H](CCCN=C(N)N)NC(=O)[C@H](CC(C)C)NC(=O)[C@@H](CC(C)C)NC(=O)[C@H](Cc1ccc(O)cc1)NC(=O)[C@H](COC(C)=O)NC(=O)[C@H](Cc1c[nH]c2ccccc12)NC(=O)[C@H](Cc1cnc[nH]1)NC(=O)[C@@H]1CCC(=O)N1.O=C(O)C(F)(F)F. The molecule has 31 nitrogen and oxygen atoms in total. The summed E-state index contributed by atoms with van der Waals surface area (Å²) in [5, 5.41) is 42.4. The number of aromatic amines is 2. The number of benzene rings is 2. The molecule has 4 heterocycles. The number of alkyl halides is 3. The minimum atomic E-state index is -5.08. The average Bonchev–Trinajstić information content (AvgIpc) is 1.74. The van der Waals surface area contributed by atoms with Crippen molar-refractivity contribution in [2.45, 2.75) is 173 Å². The maximum absolute atomic E-state index is 14.8. The molecule has 97 heavy (non-hydrogen) atoms. The van der Waals surface area contributed by atoms with Crippen molar-refractivity contribution in [2.24, 2.45) is 28.3 Å². The number of aliphatic imine (C=N–C) groups is 1. The van der Waals surface area contributed by atoms with Gasteiger partial charge >= 0.3 is 18.1 Å². The molecule has 0 aliphatic carbocycles. The third-order valence-electron chi connectivity index (χ3n) is 15.4. The molecule has 2 aromatic heterocycles. The van der Waals surface area contributed by atoms with Crippen LogP contribution in [0.4, 0.5) is 13.2 Å². The molecule has 530 valence electrons. The first-order chi connectivity index (χ1) is 45.8. The van der Waals surface area contributed by atoms with Crippen LogP contribution in [0.1, 0.15) is 110 Å². The van der Waals surface area contributed by atoms with Crippen molar-refractivity contribution < 1.29 is 85.7 Å². The van der Waals surface area contributed by atoms with Gasteiger partial charge in [0, 0.05) is 81.2 Å². The lowest BCUT2D eigenvalue weighted by atomic mass is 9.98. The number of carboxylic acid groups (broad SMARTS) is 1. The van der Waals surface area contributed by atoms with E-state index in [1.54, 1.807) is 51.2 Å². The van der Waals surface area contributed by atoms with Gasteiger partial charge in [-0.25, -0.2) is 9.78 Å². The lowest BCUT2D eigenvalue weighted by Gasteiger charge is -2.31. The third-order valence-corrected chi connectivity index (χ3v) is 15.4. The molecule has 2 aromatic carbocycles. The number of phenolic OH excluding ortho intramolecular Hbond substituents is 1. The summed E-state index contributed by atoms with van der Waals surface area (Å²) >= 11 is 0. The summed E-state index contributed by atoms with van der Waals surface area (Å²) in [6, 6.07) is 1.35. The number of halogens is 3. The van der Waals surface area contributed by atoms with E-state index in [1.807, 2.05) is 13.8 Å². The van der Waals surface area contributed by atoms with Gasteiger partial charge in [-0.3, -0.25) is 57.7 Å². The summed E-state index contributed by atoms with van der Waals surface area (Å²) < 4.78 is 37.0. The number of carbonyl (C=O) groups excluding carboxylic acids is 11. The van der Waals surface area contributed by atoms with E-state index >= 15 is 0 Å². The van der Waals surface area contributed by atoms with Gasteiger partial charge in [-0.05, 0) is 93.0 Å². The van der Waals surface area contributed by atoms with Gasteiger partial charge in [-0.15, -0.1) is 0 Å². The first-order valence-corrected chi connectivity index (χ1v) is 31.6. The number of esters is 1. The number of carbonyl (C=O) groups is 12. The number of nitrogens with one attached hydrogen (secondary N) is 11. The largest absolute Gasteiger partial charge is 0.508 e. The molecule has 17 N–H and O–H groups in total. The lowest BCUT2D eigenvalue weighted by molar-refractivity contribution is -0.192. The normalized spacial score (nSPS) is 16.5. The Morgan fingerprint density at radius 1 is 0.722 bits per heavy atom. The first-order valence-electron chi connectivity index (χ1n) is 31.6. The number of likely N-dealkylation sites (tertiary alicyclic amines) is 1. The van der Waals surface area contributed by atoms with Crippen molar-refractivity contribution in [3.8, 4) is 5.75 Å². The Hall–Kier alpha value is -10.3. The Morgan fingerprint density at radius 2 is 1.27 bits per heavy atom. The number of aliphatic carboxylic acids is 1. The van der Waals surface area contributed by atoms with Crippen molar-refractivity contribution >= 4 is 87.9 Å². The van der Waals surface area contributed by atoms with Crippen LogP contribution >= 0.6 is 0 Å². The standard InChI is InChI=1S/C61H86N16O13.C2HF3O2/c1-7-65-59(88)50-15-11-23-77(50)60(89)43(14-10-22-66-61(62)63)70-53(82)44(24-33(2)3)71-54(83)45(25-34(4)5)72-55(84)46(26-36-16-18-39(79)19-17-36)73-58(87)49(31-90-35(6)78)76-56(85)47(27-37-29-67-41-13-9-8-12-40(37)41)74-57(86)48(28-38-30-64-32-68-38)75-52(81)42-20-21-51(80)69-42;3-2(4,5)1(6)7/h8-9,12-13,16-19,29-30,32-34,42-50,67,79H,7,10-11,14-15,20-28,31H2,1-6H3,(H,64,68)(H,65,88)(H,69,80)(H,70,82)(H,71,83)(H,72,84)(H,73,87)(H,74,86)(H,75,81)(H,76,85)(H4,62,63,66);(H,6,7)/t42-,43-,44-,45+,46-,47-,48-,49-,50-;/m0./s1. The molecule has 34 heteroatoms. The number of guanidine groups is 1. The van der Waals surface area contributed by atoms with Gasteiger partial charge < -0.3 is 89.1 Å². The van der Waals surface area contributed by atoms with E-state index in [2.05, 4.69) is 67.8 Å². The van der Waals surface area contributed by atoms with E-state index in [9.17, 15) is 71.0 Å². The molecule has 10 amide bonds. The minimum absolute atomic E-state index is 0.0216. The highest BCUT2D eigenvalue weighted by molar-refractivity contribution is 5.99. The van der Waals surface area contributed by atoms with Crippen molar-refractivity contribution in [2.75, 3.05) is 26.2 Å². The number of imidazole rings is 1. The lowest BCUT2D eigenvalue weighted by Crippen LogP contribution is -2.61. The molecular weight excluding hydrogens is 1280 g/mol. The van der Waals surface area contributed by atoms with E-state index in [-0.39, 0.29) is 106 Å². The van der Waals surface area contributed by atoms with Gasteiger partial charge in [0.15, 0.2) is 5.96 Å². The molecule has 2 aliphatic heterocycles. The number of H-pyrrole nitrogens is 2. The number of aromatic hydroxyl groups is 1. The number of fused-ring (bicyclic) bond motifs is 1. The molecule has 0 spiro atoms. The second-order valence-corrected chi connectivity index (χ2v) is 24.2. The van der Waals surface area contributed by atoms with Gasteiger partial charge in [0.1, 0.15) is 66.7 Å². The number of nitrogens with zero attached hydrogens (tertiary/aromatic N) is 3. The maximum atomic E-state index is 14.8. The fourth-order valence-corrected chi connectivity index (χ4v) is 10.7. The second-order valence-electron chi connectivity index (χ2n) is 24.2. The number of aromatic nitrogens is 3. The van der Waals surface area contributed by atoms with Gasteiger partial charge in [0.25, 0.3) is 0 Å². The van der Waals surface area contributed by atoms with Crippen LogP contribution in [-0.2, 0) is 81.5 Å². The Balaban J connectivity index is 0.00000230. The molecule has 0 saturated carbocycles. The highest BCUT2D eigenvalue weighted by atomic mass is 19.4. The van der Waals surface area contributed by atoms with Crippen LogP contribution in [-0.4, -0.2) is 194 Å². The number of rotatable bonds is 33. The highest BCUT2D eigenvalue weighted by Gasteiger charge is 2.41. The van der Waals surface area contributed by atoms with Crippen LogP contribution in [0.25, 0.3) is 10.9 Å². The predicted molar refractivity (Wildman–Crippen MR) is 343 cm³/mol. The zero-order chi connectivity index (χ0) is 71.7. The summed E-state index contributed by atoms with van der Waals surface area (Å²) in [5.74, 6) is -11.3. The third kappa shape index (κ3) is 25.1. The van der Waals surface area contributed by atoms with Crippen molar-refractivity contribution in [1.82, 2.24) is 67.7 Å². The van der Waals surface area contributed by atoms with Gasteiger partial charge in [0.2, 0.25) is 59.1 Å². The quantitative estimate of drug-likeness (QED) is 0.0127. The Morgan fingerprint density at radius 3 is 1.80 bits per heavy atom. The zero-order valence-electron chi connectivity index (χ0n) is 54.6. The summed E-state index contributed by atoms with van der Waals surface area (Å²) in [6.45, 7) is 10.1. The van der Waals surface area contributed by atoms with Crippen molar-refractivity contribution in [1.29, 1.82) is 0 Å². The number of hydrogen-bond acceptors (Lipinski definition) is 16. The number of likely N-dealkylation sites (N-methyl/N-ethyl adjacent to an activating group) is 1. The van der Waals surface area contributed by atoms with E-state index in [0.29, 0.717) is 47.1 Å². The molecule has 2 fully saturated rings. The number of nitrogens with two attached hydrogens (primary N) is 2. The first kappa shape index (κ1) is 77.4. The molecule has 0 radical (unpaired) electrons. The molecule has 9 atom stereocenters. The molecule has 0 unspecified atom stereocenters. The summed E-state index contributed by atoms with van der Waals surface area (Å²) in [6.07, 6.45) is 0.546. The Bertz CT molecular complexity index is 3410. The smallest absolute Gasteiger partial charge is 0.490 e. The van der Waals surface area contributed by atoms with Crippen LogP contribution in [0.3, 0.4) is 0 Å². The summed E-state index contributed by atoms with van der Waals surface area (Å²) in [7, 11) is 0. The summed E-state index contributed by atoms with van der Waals surface area (Å²) in [4.78, 5) is 178. The fourth-order valence-electron chi connectivity index (χ4n) is 10.7. The van der Waals surface area contributed by atoms with E-state index < -0.39 is 126 Å². The molecule has 2 saturated heterocycles. The maximum Gasteiger partial charge on any atom is 0.490 e. The number of phenols is 1.